The highest BCUT2D eigenvalue weighted by atomic mass is 19.4. The molecule has 1 aliphatic rings. The summed E-state index contributed by atoms with van der Waals surface area (Å²) in [6, 6.07) is 13.4. The number of carbonyl (C=O) groups excluding carboxylic acids is 1. The number of carboxylic acid groups (broad SMARTS) is 1. The summed E-state index contributed by atoms with van der Waals surface area (Å²) in [6.07, 6.45) is -4.69. The highest BCUT2D eigenvalue weighted by Crippen LogP contribution is 2.42. The van der Waals surface area contributed by atoms with Crippen molar-refractivity contribution in [2.24, 2.45) is 0 Å². The molecule has 0 bridgehead atoms. The van der Waals surface area contributed by atoms with Crippen LogP contribution in [0.5, 0.6) is 5.75 Å². The molecule has 0 aromatic heterocycles. The lowest BCUT2D eigenvalue weighted by molar-refractivity contribution is -0.153. The number of aryl methyl sites for hydroxylation is 1. The number of hydrogen-bond donors (Lipinski definition) is 1. The number of carboxylic acids is 1. The maximum Gasteiger partial charge on any atom is 0.422 e. The van der Waals surface area contributed by atoms with E-state index in [1.165, 1.54) is 4.90 Å². The van der Waals surface area contributed by atoms with Gasteiger partial charge in [-0.3, -0.25) is 9.59 Å². The monoisotopic (exact) mass is 429 g/mol. The van der Waals surface area contributed by atoms with Crippen molar-refractivity contribution < 1.29 is 32.6 Å². The Morgan fingerprint density at radius 1 is 1.10 bits per heavy atom. The standard InChI is InChI=1S/C23H18F3NO4/c1-13-16-4-2-3-5-17(16)21(31-12-23(24,25)26)20-18(13)11-27(22(20)30)15-8-6-14(7-9-15)10-19(28)29/h2-9H,10-12H2,1H3,(H,28,29). The van der Waals surface area contributed by atoms with E-state index in [1.54, 1.807) is 48.5 Å². The quantitative estimate of drug-likeness (QED) is 0.628. The molecule has 0 spiro atoms. The molecule has 0 saturated carbocycles. The van der Waals surface area contributed by atoms with Gasteiger partial charge in [0.25, 0.3) is 5.91 Å². The lowest BCUT2D eigenvalue weighted by atomic mass is 9.95. The summed E-state index contributed by atoms with van der Waals surface area (Å²) in [4.78, 5) is 25.6. The fraction of sp³-hybridized carbons (Fsp3) is 0.217. The van der Waals surface area contributed by atoms with Crippen LogP contribution in [0.1, 0.15) is 27.0 Å². The van der Waals surface area contributed by atoms with E-state index in [-0.39, 0.29) is 24.3 Å². The molecular weight excluding hydrogens is 411 g/mol. The first-order valence-corrected chi connectivity index (χ1v) is 9.52. The van der Waals surface area contributed by atoms with Gasteiger partial charge in [0.15, 0.2) is 6.61 Å². The smallest absolute Gasteiger partial charge is 0.422 e. The molecule has 5 nitrogen and oxygen atoms in total. The van der Waals surface area contributed by atoms with Crippen molar-refractivity contribution >= 4 is 28.3 Å². The topological polar surface area (TPSA) is 66.8 Å². The highest BCUT2D eigenvalue weighted by Gasteiger charge is 2.37. The third-order valence-electron chi connectivity index (χ3n) is 5.32. The van der Waals surface area contributed by atoms with E-state index in [9.17, 15) is 22.8 Å². The van der Waals surface area contributed by atoms with Gasteiger partial charge in [-0.1, -0.05) is 36.4 Å². The molecule has 1 amide bonds. The number of benzene rings is 3. The molecule has 0 unspecified atom stereocenters. The van der Waals surface area contributed by atoms with Crippen LogP contribution in [0, 0.1) is 6.92 Å². The van der Waals surface area contributed by atoms with Crippen LogP contribution in [-0.2, 0) is 17.8 Å². The Hall–Kier alpha value is -3.55. The van der Waals surface area contributed by atoms with Crippen molar-refractivity contribution in [2.45, 2.75) is 26.1 Å². The highest BCUT2D eigenvalue weighted by molar-refractivity contribution is 6.16. The van der Waals surface area contributed by atoms with Gasteiger partial charge in [-0.2, -0.15) is 13.2 Å². The average molecular weight is 429 g/mol. The summed E-state index contributed by atoms with van der Waals surface area (Å²) < 4.78 is 43.8. The van der Waals surface area contributed by atoms with Crippen molar-refractivity contribution in [1.29, 1.82) is 0 Å². The van der Waals surface area contributed by atoms with Crippen LogP contribution in [0.25, 0.3) is 10.8 Å². The Morgan fingerprint density at radius 3 is 2.35 bits per heavy atom. The zero-order valence-corrected chi connectivity index (χ0v) is 16.5. The molecule has 31 heavy (non-hydrogen) atoms. The number of alkyl halides is 3. The van der Waals surface area contributed by atoms with E-state index in [2.05, 4.69) is 0 Å². The summed E-state index contributed by atoms with van der Waals surface area (Å²) >= 11 is 0. The molecule has 8 heteroatoms. The third-order valence-corrected chi connectivity index (χ3v) is 5.32. The number of aliphatic carboxylic acids is 1. The lowest BCUT2D eigenvalue weighted by Gasteiger charge is -2.17. The second-order valence-corrected chi connectivity index (χ2v) is 7.39. The number of ether oxygens (including phenoxy) is 1. The third kappa shape index (κ3) is 3.93. The first-order valence-electron chi connectivity index (χ1n) is 9.52. The number of nitrogens with zero attached hydrogens (tertiary/aromatic N) is 1. The Bertz CT molecular complexity index is 1190. The number of hydrogen-bond acceptors (Lipinski definition) is 3. The molecule has 3 aromatic rings. The van der Waals surface area contributed by atoms with E-state index < -0.39 is 24.7 Å². The first kappa shape index (κ1) is 20.7. The Kier molecular flexibility index (Phi) is 5.08. The predicted octanol–water partition coefficient (Wildman–Crippen LogP) is 4.88. The molecule has 0 atom stereocenters. The average Bonchev–Trinajstić information content (AvgIpc) is 3.05. The van der Waals surface area contributed by atoms with Crippen LogP contribution in [0.2, 0.25) is 0 Å². The summed E-state index contributed by atoms with van der Waals surface area (Å²) in [7, 11) is 0. The number of halogens is 3. The van der Waals surface area contributed by atoms with Gasteiger partial charge in [-0.05, 0) is 41.1 Å². The molecule has 0 aliphatic carbocycles. The molecule has 4 rings (SSSR count). The molecule has 1 aliphatic heterocycles. The Balaban J connectivity index is 1.78. The van der Waals surface area contributed by atoms with E-state index in [4.69, 9.17) is 9.84 Å². The molecule has 1 N–H and O–H groups in total. The zero-order chi connectivity index (χ0) is 22.3. The molecule has 0 saturated heterocycles. The maximum atomic E-state index is 13.3. The number of anilines is 1. The summed E-state index contributed by atoms with van der Waals surface area (Å²) in [5, 5.41) is 10.1. The van der Waals surface area contributed by atoms with Gasteiger partial charge in [0.05, 0.1) is 18.5 Å². The summed E-state index contributed by atoms with van der Waals surface area (Å²) in [6.45, 7) is 0.524. The van der Waals surface area contributed by atoms with Crippen molar-refractivity contribution in [3.63, 3.8) is 0 Å². The minimum absolute atomic E-state index is 0.0662. The Morgan fingerprint density at radius 2 is 1.74 bits per heavy atom. The van der Waals surface area contributed by atoms with Crippen LogP contribution in [-0.4, -0.2) is 29.8 Å². The molecule has 160 valence electrons. The van der Waals surface area contributed by atoms with E-state index in [1.807, 2.05) is 6.92 Å². The second kappa shape index (κ2) is 7.61. The molecular formula is C23H18F3NO4. The van der Waals surface area contributed by atoms with Crippen molar-refractivity contribution in [2.75, 3.05) is 11.5 Å². The number of amides is 1. The zero-order valence-electron chi connectivity index (χ0n) is 16.5. The fourth-order valence-corrected chi connectivity index (χ4v) is 3.90. The van der Waals surface area contributed by atoms with Crippen molar-refractivity contribution in [1.82, 2.24) is 0 Å². The minimum atomic E-state index is -4.54. The fourth-order valence-electron chi connectivity index (χ4n) is 3.90. The van der Waals surface area contributed by atoms with Gasteiger partial charge < -0.3 is 14.7 Å². The molecule has 0 radical (unpaired) electrons. The van der Waals surface area contributed by atoms with E-state index in [0.29, 0.717) is 22.2 Å². The number of carbonyl (C=O) groups is 2. The van der Waals surface area contributed by atoms with Crippen molar-refractivity contribution in [3.8, 4) is 5.75 Å². The number of rotatable bonds is 5. The molecule has 3 aromatic carbocycles. The van der Waals surface area contributed by atoms with E-state index >= 15 is 0 Å². The summed E-state index contributed by atoms with van der Waals surface area (Å²) in [5.41, 5.74) is 2.67. The van der Waals surface area contributed by atoms with E-state index in [0.717, 1.165) is 10.9 Å². The van der Waals surface area contributed by atoms with Gasteiger partial charge in [0.2, 0.25) is 0 Å². The first-order chi connectivity index (χ1) is 14.7. The van der Waals surface area contributed by atoms with Gasteiger partial charge in [-0.25, -0.2) is 0 Å². The van der Waals surface area contributed by atoms with Gasteiger partial charge >= 0.3 is 12.1 Å². The second-order valence-electron chi connectivity index (χ2n) is 7.39. The van der Waals surface area contributed by atoms with Crippen LogP contribution in [0.3, 0.4) is 0 Å². The van der Waals surface area contributed by atoms with Crippen LogP contribution in [0.15, 0.2) is 48.5 Å². The van der Waals surface area contributed by atoms with Gasteiger partial charge in [-0.15, -0.1) is 0 Å². The SMILES string of the molecule is Cc1c2c(c(OCC(F)(F)F)c3ccccc13)C(=O)N(c1ccc(CC(=O)O)cc1)C2. The van der Waals surface area contributed by atoms with Gasteiger partial charge in [0.1, 0.15) is 5.75 Å². The van der Waals surface area contributed by atoms with Crippen LogP contribution in [0.4, 0.5) is 18.9 Å². The normalized spacial score (nSPS) is 13.5. The predicted molar refractivity (Wildman–Crippen MR) is 109 cm³/mol. The van der Waals surface area contributed by atoms with Crippen LogP contribution < -0.4 is 9.64 Å². The minimum Gasteiger partial charge on any atom is -0.483 e. The lowest BCUT2D eigenvalue weighted by Crippen LogP contribution is -2.24. The molecule has 0 fully saturated rings. The number of fused-ring (bicyclic) bond motifs is 2. The largest absolute Gasteiger partial charge is 0.483 e. The van der Waals surface area contributed by atoms with Crippen LogP contribution >= 0.6 is 0 Å². The Labute approximate surface area is 175 Å². The van der Waals surface area contributed by atoms with Gasteiger partial charge in [0, 0.05) is 11.1 Å². The molecule has 1 heterocycles. The summed E-state index contributed by atoms with van der Waals surface area (Å²) in [5.74, 6) is -1.48. The maximum absolute atomic E-state index is 13.3. The van der Waals surface area contributed by atoms with Crippen molar-refractivity contribution in [3.05, 3.63) is 70.8 Å².